The van der Waals surface area contributed by atoms with Crippen molar-refractivity contribution in [3.8, 4) is 5.75 Å². The van der Waals surface area contributed by atoms with E-state index in [1.807, 2.05) is 0 Å². The molecule has 122 valence electrons. The number of carbonyl (C=O) groups excluding carboxylic acids is 1. The van der Waals surface area contributed by atoms with Crippen LogP contribution >= 0.6 is 7.60 Å². The summed E-state index contributed by atoms with van der Waals surface area (Å²) in [5.41, 5.74) is -0.0733. The Hall–Kier alpha value is -1.76. The number of ether oxygens (including phenoxy) is 1. The highest BCUT2D eigenvalue weighted by Crippen LogP contribution is 2.47. The molecule has 0 saturated heterocycles. The van der Waals surface area contributed by atoms with E-state index in [0.29, 0.717) is 5.75 Å². The first-order chi connectivity index (χ1) is 10.4. The molecule has 0 bridgehead atoms. The highest BCUT2D eigenvalue weighted by molar-refractivity contribution is 7.54. The number of rotatable bonds is 10. The predicted molar refractivity (Wildman–Crippen MR) is 79.3 cm³/mol. The van der Waals surface area contributed by atoms with Gasteiger partial charge in [-0.05, 0) is 26.0 Å². The minimum Gasteiger partial charge on any atom is -0.486 e. The van der Waals surface area contributed by atoms with E-state index in [-0.39, 0.29) is 31.7 Å². The summed E-state index contributed by atoms with van der Waals surface area (Å²) in [4.78, 5) is 21.8. The Kier molecular flexibility index (Phi) is 7.17. The van der Waals surface area contributed by atoms with E-state index in [9.17, 15) is 19.5 Å². The van der Waals surface area contributed by atoms with E-state index >= 15 is 0 Å². The Balaban J connectivity index is 2.54. The van der Waals surface area contributed by atoms with E-state index in [1.54, 1.807) is 13.8 Å². The summed E-state index contributed by atoms with van der Waals surface area (Å²) in [6.45, 7) is 3.34. The molecule has 0 atom stereocenters. The van der Waals surface area contributed by atoms with E-state index < -0.39 is 18.3 Å². The van der Waals surface area contributed by atoms with Crippen LogP contribution < -0.4 is 4.74 Å². The molecule has 0 radical (unpaired) electrons. The summed E-state index contributed by atoms with van der Waals surface area (Å²) in [5, 5.41) is 10.5. The highest BCUT2D eigenvalue weighted by atomic mass is 31.2. The first-order valence-electron chi connectivity index (χ1n) is 6.67. The third kappa shape index (κ3) is 5.93. The largest absolute Gasteiger partial charge is 0.486 e. The van der Waals surface area contributed by atoms with Gasteiger partial charge in [0.05, 0.1) is 18.1 Å². The molecule has 0 saturated carbocycles. The minimum atomic E-state index is -3.44. The summed E-state index contributed by atoms with van der Waals surface area (Å²) in [7, 11) is -3.44. The number of benzene rings is 1. The van der Waals surface area contributed by atoms with E-state index in [2.05, 4.69) is 0 Å². The number of Topliss-reactive ketones (excluding diaryl/α,β-unsaturated/α-hetero) is 1. The van der Waals surface area contributed by atoms with Gasteiger partial charge < -0.3 is 13.8 Å². The lowest BCUT2D eigenvalue weighted by molar-refractivity contribution is -0.384. The number of nitro groups is 1. The van der Waals surface area contributed by atoms with Gasteiger partial charge in [0.25, 0.3) is 5.69 Å². The third-order valence-electron chi connectivity index (χ3n) is 2.47. The zero-order valence-electron chi connectivity index (χ0n) is 12.4. The van der Waals surface area contributed by atoms with Crippen LogP contribution in [-0.2, 0) is 18.4 Å². The molecule has 0 amide bonds. The Morgan fingerprint density at radius 2 is 1.73 bits per heavy atom. The van der Waals surface area contributed by atoms with Crippen LogP contribution in [0.25, 0.3) is 0 Å². The Morgan fingerprint density at radius 3 is 2.18 bits per heavy atom. The zero-order valence-corrected chi connectivity index (χ0v) is 13.3. The van der Waals surface area contributed by atoms with Crippen molar-refractivity contribution in [3.05, 3.63) is 34.4 Å². The van der Waals surface area contributed by atoms with Crippen LogP contribution in [0.4, 0.5) is 5.69 Å². The topological polar surface area (TPSA) is 105 Å². The number of nitro benzene ring substituents is 1. The van der Waals surface area contributed by atoms with Gasteiger partial charge in [0.2, 0.25) is 0 Å². The lowest BCUT2D eigenvalue weighted by Crippen LogP contribution is -2.17. The average Bonchev–Trinajstić information content (AvgIpc) is 2.45. The molecule has 0 unspecified atom stereocenters. The van der Waals surface area contributed by atoms with E-state index in [4.69, 9.17) is 13.8 Å². The molecule has 1 rings (SSSR count). The summed E-state index contributed by atoms with van der Waals surface area (Å²) in [6, 6.07) is 5.31. The lowest BCUT2D eigenvalue weighted by Gasteiger charge is -2.16. The lowest BCUT2D eigenvalue weighted by atomic mass is 10.3. The van der Waals surface area contributed by atoms with Crippen LogP contribution in [0.3, 0.4) is 0 Å². The van der Waals surface area contributed by atoms with Crippen LogP contribution in [-0.4, -0.2) is 36.7 Å². The van der Waals surface area contributed by atoms with Crippen LogP contribution in [0.15, 0.2) is 24.3 Å². The van der Waals surface area contributed by atoms with Gasteiger partial charge in [0, 0.05) is 12.1 Å². The first kappa shape index (κ1) is 18.3. The molecule has 1 aromatic carbocycles. The number of nitrogens with zero attached hydrogens (tertiary/aromatic N) is 1. The van der Waals surface area contributed by atoms with Crippen molar-refractivity contribution < 1.29 is 28.1 Å². The SMILES string of the molecule is CCOP(=O)(CC(=O)COc1ccc([N+](=O)[O-])cc1)OCC. The van der Waals surface area contributed by atoms with Crippen molar-refractivity contribution >= 4 is 19.1 Å². The maximum Gasteiger partial charge on any atom is 0.338 e. The quantitative estimate of drug-likeness (QED) is 0.369. The van der Waals surface area contributed by atoms with Crippen molar-refractivity contribution in [2.24, 2.45) is 0 Å². The Labute approximate surface area is 128 Å². The molecule has 0 N–H and O–H groups in total. The molecule has 0 fully saturated rings. The fourth-order valence-electron chi connectivity index (χ4n) is 1.61. The second-order valence-electron chi connectivity index (χ2n) is 4.18. The Bertz CT molecular complexity index is 548. The molecule has 8 nitrogen and oxygen atoms in total. The third-order valence-corrected chi connectivity index (χ3v) is 4.51. The van der Waals surface area contributed by atoms with E-state index in [0.717, 1.165) is 0 Å². The smallest absolute Gasteiger partial charge is 0.338 e. The van der Waals surface area contributed by atoms with Crippen LogP contribution in [0, 0.1) is 10.1 Å². The van der Waals surface area contributed by atoms with Crippen molar-refractivity contribution in [3.63, 3.8) is 0 Å². The number of hydrogen-bond donors (Lipinski definition) is 0. The molecule has 22 heavy (non-hydrogen) atoms. The standard InChI is InChI=1S/C13H18NO7P/c1-3-20-22(18,21-4-2)10-12(15)9-19-13-7-5-11(6-8-13)14(16)17/h5-8H,3-4,9-10H2,1-2H3. The van der Waals surface area contributed by atoms with Gasteiger partial charge >= 0.3 is 7.60 Å². The number of carbonyl (C=O) groups is 1. The van der Waals surface area contributed by atoms with Crippen molar-refractivity contribution in [1.82, 2.24) is 0 Å². The second kappa shape index (κ2) is 8.63. The van der Waals surface area contributed by atoms with Crippen LogP contribution in [0.5, 0.6) is 5.75 Å². The fraction of sp³-hybridized carbons (Fsp3) is 0.462. The second-order valence-corrected chi connectivity index (χ2v) is 6.24. The molecule has 0 heterocycles. The van der Waals surface area contributed by atoms with Gasteiger partial charge in [0.1, 0.15) is 18.5 Å². The fourth-order valence-corrected chi connectivity index (χ4v) is 3.18. The molecular weight excluding hydrogens is 313 g/mol. The summed E-state index contributed by atoms with van der Waals surface area (Å²) in [6.07, 6.45) is -0.373. The highest BCUT2D eigenvalue weighted by Gasteiger charge is 2.27. The predicted octanol–water partition coefficient (Wildman–Crippen LogP) is 2.81. The van der Waals surface area contributed by atoms with Crippen molar-refractivity contribution in [2.45, 2.75) is 13.8 Å². The average molecular weight is 331 g/mol. The number of non-ortho nitro benzene ring substituents is 1. The molecule has 0 spiro atoms. The maximum atomic E-state index is 12.2. The monoisotopic (exact) mass is 331 g/mol. The van der Waals surface area contributed by atoms with Gasteiger partial charge in [-0.2, -0.15) is 0 Å². The normalized spacial score (nSPS) is 11.2. The minimum absolute atomic E-state index is 0.0733. The van der Waals surface area contributed by atoms with Gasteiger partial charge in [-0.25, -0.2) is 0 Å². The summed E-state index contributed by atoms with van der Waals surface area (Å²) >= 11 is 0. The number of hydrogen-bond acceptors (Lipinski definition) is 7. The van der Waals surface area contributed by atoms with E-state index in [1.165, 1.54) is 24.3 Å². The molecule has 0 aliphatic rings. The Morgan fingerprint density at radius 1 is 1.18 bits per heavy atom. The molecule has 0 aromatic heterocycles. The van der Waals surface area contributed by atoms with Crippen molar-refractivity contribution in [2.75, 3.05) is 26.0 Å². The summed E-state index contributed by atoms with van der Waals surface area (Å²) in [5.74, 6) is -0.134. The molecule has 1 aromatic rings. The molecular formula is C13H18NO7P. The molecule has 9 heteroatoms. The maximum absolute atomic E-state index is 12.2. The van der Waals surface area contributed by atoms with Crippen LogP contribution in [0.1, 0.15) is 13.8 Å². The van der Waals surface area contributed by atoms with Gasteiger partial charge in [-0.15, -0.1) is 0 Å². The van der Waals surface area contributed by atoms with Gasteiger partial charge in [-0.1, -0.05) is 0 Å². The van der Waals surface area contributed by atoms with Crippen LogP contribution in [0.2, 0.25) is 0 Å². The summed E-state index contributed by atoms with van der Waals surface area (Å²) < 4.78 is 27.4. The van der Waals surface area contributed by atoms with Gasteiger partial charge in [-0.3, -0.25) is 19.5 Å². The van der Waals surface area contributed by atoms with Crippen molar-refractivity contribution in [1.29, 1.82) is 0 Å². The van der Waals surface area contributed by atoms with Gasteiger partial charge in [0.15, 0.2) is 5.78 Å². The first-order valence-corrected chi connectivity index (χ1v) is 8.40. The molecule has 0 aliphatic heterocycles. The zero-order chi connectivity index (χ0) is 16.6. The molecule has 0 aliphatic carbocycles. The number of ketones is 1.